The first-order valence-electron chi connectivity index (χ1n) is 7.11. The van der Waals surface area contributed by atoms with Crippen molar-refractivity contribution in [2.75, 3.05) is 27.6 Å². The first-order valence-corrected chi connectivity index (χ1v) is 7.11. The van der Waals surface area contributed by atoms with Crippen LogP contribution in [0.2, 0.25) is 0 Å². The molecule has 1 atom stereocenters. The highest BCUT2D eigenvalue weighted by Gasteiger charge is 2.45. The number of Topliss-reactive ketones (excluding diaryl/α,β-unsaturated/α-hetero) is 2. The standard InChI is InChI=1S/C16H14O7/c1-6-8-7(4-21-6)11(17)9-10(12(8)18)14(20-3)16-15(13(9)19-2)22-5-23-16/h6H,4-5H2,1-3H3/t6-/m0/s1. The van der Waals surface area contributed by atoms with Gasteiger partial charge in [-0.05, 0) is 6.92 Å². The van der Waals surface area contributed by atoms with E-state index in [1.807, 2.05) is 0 Å². The number of fused-ring (bicyclic) bond motifs is 2. The topological polar surface area (TPSA) is 80.3 Å². The number of carbonyl (C=O) groups is 2. The molecule has 0 N–H and O–H groups in total. The van der Waals surface area contributed by atoms with Crippen LogP contribution in [0.4, 0.5) is 0 Å². The fourth-order valence-electron chi connectivity index (χ4n) is 3.30. The number of rotatable bonds is 2. The van der Waals surface area contributed by atoms with Crippen LogP contribution in [0, 0.1) is 0 Å². The average Bonchev–Trinajstić information content (AvgIpc) is 3.17. The Balaban J connectivity index is 2.08. The molecule has 2 heterocycles. The molecule has 7 heteroatoms. The lowest BCUT2D eigenvalue weighted by Gasteiger charge is -2.22. The van der Waals surface area contributed by atoms with Gasteiger partial charge < -0.3 is 23.7 Å². The molecule has 3 aliphatic rings. The lowest BCUT2D eigenvalue weighted by atomic mass is 9.82. The van der Waals surface area contributed by atoms with Crippen LogP contribution < -0.4 is 18.9 Å². The van der Waals surface area contributed by atoms with Gasteiger partial charge >= 0.3 is 0 Å². The number of hydrogen-bond donors (Lipinski definition) is 0. The smallest absolute Gasteiger partial charge is 0.231 e. The van der Waals surface area contributed by atoms with Crippen LogP contribution in [0.3, 0.4) is 0 Å². The van der Waals surface area contributed by atoms with Crippen molar-refractivity contribution in [3.05, 3.63) is 22.3 Å². The van der Waals surface area contributed by atoms with E-state index in [-0.39, 0.29) is 59.1 Å². The molecule has 1 aliphatic carbocycles. The van der Waals surface area contributed by atoms with Crippen molar-refractivity contribution in [1.82, 2.24) is 0 Å². The Morgan fingerprint density at radius 3 is 2.09 bits per heavy atom. The summed E-state index contributed by atoms with van der Waals surface area (Å²) in [5, 5.41) is 0. The molecule has 0 saturated carbocycles. The predicted octanol–water partition coefficient (Wildman–Crippen LogP) is 1.53. The fourth-order valence-corrected chi connectivity index (χ4v) is 3.30. The molecule has 1 aromatic carbocycles. The lowest BCUT2D eigenvalue weighted by Crippen LogP contribution is -2.25. The number of hydrogen-bond acceptors (Lipinski definition) is 7. The highest BCUT2D eigenvalue weighted by molar-refractivity contribution is 6.30. The van der Waals surface area contributed by atoms with Crippen LogP contribution in [-0.2, 0) is 4.74 Å². The third-order valence-corrected chi connectivity index (χ3v) is 4.32. The second-order valence-electron chi connectivity index (χ2n) is 5.38. The number of ketones is 2. The maximum Gasteiger partial charge on any atom is 0.231 e. The zero-order chi connectivity index (χ0) is 16.3. The maximum atomic E-state index is 13.0. The van der Waals surface area contributed by atoms with Crippen LogP contribution in [-0.4, -0.2) is 45.3 Å². The molecule has 120 valence electrons. The Morgan fingerprint density at radius 1 is 0.957 bits per heavy atom. The molecule has 7 nitrogen and oxygen atoms in total. The molecular formula is C16H14O7. The summed E-state index contributed by atoms with van der Waals surface area (Å²) in [6.07, 6.45) is -0.435. The first kappa shape index (κ1) is 14.1. The highest BCUT2D eigenvalue weighted by atomic mass is 16.7. The number of benzene rings is 1. The molecule has 23 heavy (non-hydrogen) atoms. The van der Waals surface area contributed by atoms with E-state index < -0.39 is 6.10 Å². The van der Waals surface area contributed by atoms with Gasteiger partial charge in [0.2, 0.25) is 18.3 Å². The molecular weight excluding hydrogens is 304 g/mol. The van der Waals surface area contributed by atoms with Crippen molar-refractivity contribution in [1.29, 1.82) is 0 Å². The number of carbonyl (C=O) groups excluding carboxylic acids is 2. The van der Waals surface area contributed by atoms with Crippen LogP contribution in [0.5, 0.6) is 23.0 Å². The molecule has 0 unspecified atom stereocenters. The minimum atomic E-state index is -0.435. The minimum Gasteiger partial charge on any atom is -0.492 e. The Bertz CT molecular complexity index is 790. The Kier molecular flexibility index (Phi) is 2.89. The van der Waals surface area contributed by atoms with Crippen LogP contribution >= 0.6 is 0 Å². The Morgan fingerprint density at radius 2 is 1.52 bits per heavy atom. The summed E-state index contributed by atoms with van der Waals surface area (Å²) in [7, 11) is 2.83. The van der Waals surface area contributed by atoms with Crippen LogP contribution in [0.15, 0.2) is 11.1 Å². The molecule has 0 aromatic heterocycles. The SMILES string of the molecule is COc1c2c(c(OC)c3c1C(=O)C1=C(C3=O)[C@H](C)OC1)OCO2. The van der Waals surface area contributed by atoms with Crippen molar-refractivity contribution in [2.24, 2.45) is 0 Å². The molecule has 0 radical (unpaired) electrons. The molecule has 2 aliphatic heterocycles. The summed E-state index contributed by atoms with van der Waals surface area (Å²) in [5.41, 5.74) is 1.04. The second kappa shape index (κ2) is 4.73. The van der Waals surface area contributed by atoms with Gasteiger partial charge in [0.25, 0.3) is 0 Å². The molecule has 0 amide bonds. The fraction of sp³-hybridized carbons (Fsp3) is 0.375. The molecule has 4 rings (SSSR count). The monoisotopic (exact) mass is 318 g/mol. The zero-order valence-corrected chi connectivity index (χ0v) is 12.8. The van der Waals surface area contributed by atoms with Gasteiger partial charge in [0.1, 0.15) is 0 Å². The maximum absolute atomic E-state index is 13.0. The summed E-state index contributed by atoms with van der Waals surface area (Å²) < 4.78 is 27.0. The zero-order valence-electron chi connectivity index (χ0n) is 12.8. The van der Waals surface area contributed by atoms with E-state index in [1.54, 1.807) is 6.92 Å². The van der Waals surface area contributed by atoms with Gasteiger partial charge in [-0.3, -0.25) is 9.59 Å². The first-order chi connectivity index (χ1) is 11.1. The Labute approximate surface area is 131 Å². The van der Waals surface area contributed by atoms with Gasteiger partial charge in [0.15, 0.2) is 23.1 Å². The van der Waals surface area contributed by atoms with E-state index in [1.165, 1.54) is 14.2 Å². The molecule has 0 spiro atoms. The summed E-state index contributed by atoms with van der Waals surface area (Å²) in [6.45, 7) is 1.83. The van der Waals surface area contributed by atoms with E-state index in [4.69, 9.17) is 23.7 Å². The van der Waals surface area contributed by atoms with Crippen LogP contribution in [0.1, 0.15) is 27.6 Å². The van der Waals surface area contributed by atoms with E-state index in [0.29, 0.717) is 11.1 Å². The quantitative estimate of drug-likeness (QED) is 0.818. The number of ether oxygens (including phenoxy) is 5. The highest BCUT2D eigenvalue weighted by Crippen LogP contribution is 2.54. The summed E-state index contributed by atoms with van der Waals surface area (Å²) in [4.78, 5) is 25.9. The third kappa shape index (κ3) is 1.62. The summed E-state index contributed by atoms with van der Waals surface area (Å²) in [6, 6.07) is 0. The number of methoxy groups -OCH3 is 2. The third-order valence-electron chi connectivity index (χ3n) is 4.32. The van der Waals surface area contributed by atoms with Gasteiger partial charge in [-0.25, -0.2) is 0 Å². The largest absolute Gasteiger partial charge is 0.492 e. The summed E-state index contributed by atoms with van der Waals surface area (Å²) >= 11 is 0. The van der Waals surface area contributed by atoms with Crippen molar-refractivity contribution in [2.45, 2.75) is 13.0 Å². The van der Waals surface area contributed by atoms with E-state index in [9.17, 15) is 9.59 Å². The van der Waals surface area contributed by atoms with E-state index in [2.05, 4.69) is 0 Å². The van der Waals surface area contributed by atoms with Crippen molar-refractivity contribution in [3.8, 4) is 23.0 Å². The predicted molar refractivity (Wildman–Crippen MR) is 76.8 cm³/mol. The van der Waals surface area contributed by atoms with Gasteiger partial charge in [-0.2, -0.15) is 0 Å². The average molecular weight is 318 g/mol. The second-order valence-corrected chi connectivity index (χ2v) is 5.38. The van der Waals surface area contributed by atoms with Gasteiger partial charge in [0, 0.05) is 11.1 Å². The molecule has 0 bridgehead atoms. The molecule has 0 saturated heterocycles. The van der Waals surface area contributed by atoms with Crippen molar-refractivity contribution in [3.63, 3.8) is 0 Å². The van der Waals surface area contributed by atoms with Crippen molar-refractivity contribution < 1.29 is 33.3 Å². The normalized spacial score (nSPS) is 21.4. The Hall–Kier alpha value is -2.54. The van der Waals surface area contributed by atoms with E-state index in [0.717, 1.165) is 0 Å². The van der Waals surface area contributed by atoms with E-state index >= 15 is 0 Å². The van der Waals surface area contributed by atoms with Crippen molar-refractivity contribution >= 4 is 11.6 Å². The van der Waals surface area contributed by atoms with Gasteiger partial charge in [-0.1, -0.05) is 0 Å². The summed E-state index contributed by atoms with van der Waals surface area (Å²) in [5.74, 6) is 0.343. The van der Waals surface area contributed by atoms with Gasteiger partial charge in [-0.15, -0.1) is 0 Å². The molecule has 1 aromatic rings. The van der Waals surface area contributed by atoms with Crippen LogP contribution in [0.25, 0.3) is 0 Å². The molecule has 0 fully saturated rings. The van der Waals surface area contributed by atoms with Gasteiger partial charge in [0.05, 0.1) is 38.1 Å². The minimum absolute atomic E-state index is 0.0278. The lowest BCUT2D eigenvalue weighted by molar-refractivity contribution is 0.0956.